The van der Waals surface area contributed by atoms with Crippen LogP contribution in [0.25, 0.3) is 0 Å². The Labute approximate surface area is 187 Å². The van der Waals surface area contributed by atoms with Crippen molar-refractivity contribution >= 4 is 35.8 Å². The highest BCUT2D eigenvalue weighted by Crippen LogP contribution is 2.33. The van der Waals surface area contributed by atoms with Crippen LogP contribution in [0.2, 0.25) is 0 Å². The largest absolute Gasteiger partial charge is 0.416 e. The van der Waals surface area contributed by atoms with Gasteiger partial charge in [-0.25, -0.2) is 4.99 Å². The van der Waals surface area contributed by atoms with Crippen molar-refractivity contribution in [2.45, 2.75) is 25.4 Å². The minimum atomic E-state index is -4.35. The van der Waals surface area contributed by atoms with Crippen LogP contribution in [0.15, 0.2) is 41.4 Å². The summed E-state index contributed by atoms with van der Waals surface area (Å²) in [6.45, 7) is 7.45. The number of alkyl halides is 3. The van der Waals surface area contributed by atoms with Gasteiger partial charge < -0.3 is 15.1 Å². The van der Waals surface area contributed by atoms with Gasteiger partial charge in [0.15, 0.2) is 5.96 Å². The second-order valence-electron chi connectivity index (χ2n) is 7.29. The molecule has 0 saturated carbocycles. The smallest absolute Gasteiger partial charge is 0.353 e. The summed E-state index contributed by atoms with van der Waals surface area (Å²) in [5.41, 5.74) is 0.954. The Morgan fingerprint density at radius 2 is 2.07 bits per heavy atom. The fourth-order valence-electron chi connectivity index (χ4n) is 2.98. The molecule has 1 saturated heterocycles. The van der Waals surface area contributed by atoms with E-state index in [4.69, 9.17) is 0 Å². The number of likely N-dealkylation sites (N-methyl/N-ethyl adjacent to an activating group) is 1. The molecule has 0 bridgehead atoms. The molecular formula is C20H28F3IN4O. The third-order valence-electron chi connectivity index (χ3n) is 4.58. The predicted octanol–water partition coefficient (Wildman–Crippen LogP) is 3.72. The second-order valence-corrected chi connectivity index (χ2v) is 7.29. The first kappa shape index (κ1) is 25.3. The molecule has 2 rings (SSSR count). The fourth-order valence-corrected chi connectivity index (χ4v) is 2.98. The standard InChI is InChI=1S/C20H27F3N4O.HI/c1-14(2)11-24-19(25-12-18(28)26(3)4)27-9-8-16(13-27)15-6-5-7-17(10-15)20(21,22)23;/h5-7,10,16H,1,8-9,11-13H2,2-4H3,(H,24,25);1H. The second kappa shape index (κ2) is 10.8. The Balaban J connectivity index is 0.00000420. The van der Waals surface area contributed by atoms with Crippen molar-refractivity contribution in [3.8, 4) is 0 Å². The van der Waals surface area contributed by atoms with Gasteiger partial charge in [-0.15, -0.1) is 24.0 Å². The van der Waals surface area contributed by atoms with Crippen molar-refractivity contribution in [3.63, 3.8) is 0 Å². The van der Waals surface area contributed by atoms with E-state index in [0.29, 0.717) is 31.2 Å². The Kier molecular flexibility index (Phi) is 9.44. The van der Waals surface area contributed by atoms with Gasteiger partial charge in [0.2, 0.25) is 5.91 Å². The average Bonchev–Trinajstić information content (AvgIpc) is 3.10. The van der Waals surface area contributed by atoms with Gasteiger partial charge in [0, 0.05) is 39.6 Å². The molecule has 1 unspecified atom stereocenters. The van der Waals surface area contributed by atoms with E-state index in [-0.39, 0.29) is 42.3 Å². The predicted molar refractivity (Wildman–Crippen MR) is 120 cm³/mol. The van der Waals surface area contributed by atoms with Gasteiger partial charge in [-0.05, 0) is 25.0 Å². The maximum atomic E-state index is 13.0. The van der Waals surface area contributed by atoms with Crippen LogP contribution in [0.3, 0.4) is 0 Å². The summed E-state index contributed by atoms with van der Waals surface area (Å²) in [6.07, 6.45) is -3.63. The Bertz CT molecular complexity index is 749. The zero-order valence-electron chi connectivity index (χ0n) is 16.9. The van der Waals surface area contributed by atoms with Crippen LogP contribution in [0, 0.1) is 0 Å². The van der Waals surface area contributed by atoms with Gasteiger partial charge in [-0.1, -0.05) is 30.4 Å². The molecule has 0 radical (unpaired) electrons. The van der Waals surface area contributed by atoms with Crippen molar-refractivity contribution in [1.29, 1.82) is 0 Å². The number of guanidine groups is 1. The van der Waals surface area contributed by atoms with Gasteiger partial charge in [0.05, 0.1) is 5.56 Å². The van der Waals surface area contributed by atoms with E-state index in [9.17, 15) is 18.0 Å². The quantitative estimate of drug-likeness (QED) is 0.277. The summed E-state index contributed by atoms with van der Waals surface area (Å²) >= 11 is 0. The van der Waals surface area contributed by atoms with Crippen molar-refractivity contribution in [2.24, 2.45) is 4.99 Å². The number of carbonyl (C=O) groups excluding carboxylic acids is 1. The molecule has 1 fully saturated rings. The number of hydrogen-bond donors (Lipinski definition) is 1. The zero-order valence-corrected chi connectivity index (χ0v) is 19.3. The number of halogens is 4. The molecule has 1 atom stereocenters. The third-order valence-corrected chi connectivity index (χ3v) is 4.58. The van der Waals surface area contributed by atoms with Crippen LogP contribution in [-0.4, -0.2) is 61.9 Å². The van der Waals surface area contributed by atoms with Crippen molar-refractivity contribution < 1.29 is 18.0 Å². The minimum absolute atomic E-state index is 0. The number of amides is 1. The molecule has 0 aromatic heterocycles. The summed E-state index contributed by atoms with van der Waals surface area (Å²) in [5, 5.41) is 3.19. The van der Waals surface area contributed by atoms with E-state index in [2.05, 4.69) is 16.9 Å². The first-order chi connectivity index (χ1) is 13.1. The summed E-state index contributed by atoms with van der Waals surface area (Å²) in [6, 6.07) is 5.49. The lowest BCUT2D eigenvalue weighted by molar-refractivity contribution is -0.137. The van der Waals surface area contributed by atoms with Gasteiger partial charge in [-0.2, -0.15) is 13.2 Å². The minimum Gasteiger partial charge on any atom is -0.353 e. The number of aliphatic imine (C=N–C) groups is 1. The van der Waals surface area contributed by atoms with Crippen LogP contribution >= 0.6 is 24.0 Å². The molecule has 1 amide bonds. The number of nitrogens with zero attached hydrogens (tertiary/aromatic N) is 3. The monoisotopic (exact) mass is 524 g/mol. The van der Waals surface area contributed by atoms with E-state index < -0.39 is 11.7 Å². The summed E-state index contributed by atoms with van der Waals surface area (Å²) < 4.78 is 39.0. The molecule has 1 aromatic carbocycles. The maximum Gasteiger partial charge on any atom is 0.416 e. The first-order valence-corrected chi connectivity index (χ1v) is 9.13. The van der Waals surface area contributed by atoms with Gasteiger partial charge in [0.1, 0.15) is 6.54 Å². The molecule has 5 nitrogen and oxygen atoms in total. The Hall–Kier alpha value is -1.78. The molecule has 1 heterocycles. The van der Waals surface area contributed by atoms with E-state index in [0.717, 1.165) is 18.1 Å². The van der Waals surface area contributed by atoms with E-state index in [1.807, 2.05) is 11.8 Å². The molecule has 29 heavy (non-hydrogen) atoms. The van der Waals surface area contributed by atoms with Crippen molar-refractivity contribution in [2.75, 3.05) is 40.3 Å². The zero-order chi connectivity index (χ0) is 20.9. The first-order valence-electron chi connectivity index (χ1n) is 9.13. The molecule has 0 spiro atoms. The fraction of sp³-hybridized carbons (Fsp3) is 0.500. The number of rotatable bonds is 5. The highest BCUT2D eigenvalue weighted by Gasteiger charge is 2.32. The van der Waals surface area contributed by atoms with Gasteiger partial charge >= 0.3 is 6.18 Å². The average molecular weight is 524 g/mol. The maximum absolute atomic E-state index is 13.0. The highest BCUT2D eigenvalue weighted by molar-refractivity contribution is 14.0. The Morgan fingerprint density at radius 1 is 1.38 bits per heavy atom. The van der Waals surface area contributed by atoms with Crippen molar-refractivity contribution in [1.82, 2.24) is 15.1 Å². The Morgan fingerprint density at radius 3 is 2.66 bits per heavy atom. The van der Waals surface area contributed by atoms with Crippen LogP contribution in [0.5, 0.6) is 0 Å². The molecule has 162 valence electrons. The van der Waals surface area contributed by atoms with Crippen LogP contribution in [0.4, 0.5) is 13.2 Å². The number of carbonyl (C=O) groups is 1. The normalized spacial score (nSPS) is 17.0. The van der Waals surface area contributed by atoms with Gasteiger partial charge in [0.25, 0.3) is 0 Å². The molecule has 1 aromatic rings. The van der Waals surface area contributed by atoms with Crippen LogP contribution in [-0.2, 0) is 11.0 Å². The summed E-state index contributed by atoms with van der Waals surface area (Å²) in [7, 11) is 3.33. The van der Waals surface area contributed by atoms with Crippen LogP contribution < -0.4 is 5.32 Å². The van der Waals surface area contributed by atoms with E-state index >= 15 is 0 Å². The topological polar surface area (TPSA) is 47.9 Å². The highest BCUT2D eigenvalue weighted by atomic mass is 127. The lowest BCUT2D eigenvalue weighted by atomic mass is 9.96. The number of benzene rings is 1. The number of likely N-dealkylation sites (tertiary alicyclic amines) is 1. The van der Waals surface area contributed by atoms with E-state index in [1.54, 1.807) is 20.2 Å². The molecule has 1 aliphatic rings. The lowest BCUT2D eigenvalue weighted by Crippen LogP contribution is -2.41. The number of hydrogen-bond acceptors (Lipinski definition) is 2. The molecular weight excluding hydrogens is 496 g/mol. The van der Waals surface area contributed by atoms with Crippen LogP contribution in [0.1, 0.15) is 30.4 Å². The van der Waals surface area contributed by atoms with Gasteiger partial charge in [-0.3, -0.25) is 4.79 Å². The molecule has 9 heteroatoms. The molecule has 1 N–H and O–H groups in total. The summed E-state index contributed by atoms with van der Waals surface area (Å²) in [4.78, 5) is 19.7. The molecule has 1 aliphatic heterocycles. The SMILES string of the molecule is C=C(C)CNC(=NCC(=O)N(C)C)N1CCC(c2cccc(C(F)(F)F)c2)C1.I. The lowest BCUT2D eigenvalue weighted by Gasteiger charge is -2.23. The van der Waals surface area contributed by atoms with E-state index in [1.165, 1.54) is 17.0 Å². The third kappa shape index (κ3) is 7.52. The summed E-state index contributed by atoms with van der Waals surface area (Å²) in [5.74, 6) is 0.430. The van der Waals surface area contributed by atoms with Crippen molar-refractivity contribution in [3.05, 3.63) is 47.5 Å². The number of nitrogens with one attached hydrogen (secondary N) is 1. The molecule has 0 aliphatic carbocycles.